The number of H-pyrrole nitrogens is 1. The average molecular weight is 479 g/mol. The molecule has 3 amide bonds. The van der Waals surface area contributed by atoms with Gasteiger partial charge in [0.1, 0.15) is 17.3 Å². The van der Waals surface area contributed by atoms with Gasteiger partial charge in [0, 0.05) is 41.1 Å². The fourth-order valence-electron chi connectivity index (χ4n) is 5.54. The minimum atomic E-state index is -1.03. The number of aromatic amines is 1. The molecule has 1 saturated heterocycles. The predicted octanol–water partition coefficient (Wildman–Crippen LogP) is 4.19. The van der Waals surface area contributed by atoms with Crippen molar-refractivity contribution in [2.45, 2.75) is 37.8 Å². The summed E-state index contributed by atoms with van der Waals surface area (Å²) in [5.41, 5.74) is 2.47. The number of rotatable bonds is 6. The highest BCUT2D eigenvalue weighted by Gasteiger charge is 2.60. The number of aromatic nitrogens is 1. The topological polar surface area (TPSA) is 88.7 Å². The number of imide groups is 1. The number of hydrogen-bond acceptors (Lipinski definition) is 4. The number of hydrogen-bond donors (Lipinski definition) is 3. The molecule has 1 aromatic heterocycles. The Hall–Kier alpha value is -3.03. The van der Waals surface area contributed by atoms with E-state index in [1.165, 1.54) is 17.7 Å². The number of phenols is 1. The van der Waals surface area contributed by atoms with Crippen LogP contribution in [-0.4, -0.2) is 57.0 Å². The zero-order chi connectivity index (χ0) is 23.6. The molecule has 3 heterocycles. The number of amides is 3. The maximum absolute atomic E-state index is 13.7. The van der Waals surface area contributed by atoms with E-state index in [4.69, 9.17) is 11.6 Å². The first-order valence-corrected chi connectivity index (χ1v) is 12.2. The Morgan fingerprint density at radius 3 is 2.79 bits per heavy atom. The van der Waals surface area contributed by atoms with E-state index in [0.29, 0.717) is 24.5 Å². The van der Waals surface area contributed by atoms with E-state index >= 15 is 0 Å². The Morgan fingerprint density at radius 2 is 2.03 bits per heavy atom. The minimum absolute atomic E-state index is 0.115. The van der Waals surface area contributed by atoms with Crippen molar-refractivity contribution in [3.8, 4) is 5.75 Å². The average Bonchev–Trinajstić information content (AvgIpc) is 3.54. The number of aromatic hydroxyl groups is 1. The van der Waals surface area contributed by atoms with Gasteiger partial charge in [0.25, 0.3) is 5.91 Å². The van der Waals surface area contributed by atoms with Crippen molar-refractivity contribution in [3.05, 3.63) is 64.3 Å². The molecule has 0 unspecified atom stereocenters. The number of urea groups is 1. The van der Waals surface area contributed by atoms with Gasteiger partial charge in [-0.05, 0) is 73.7 Å². The van der Waals surface area contributed by atoms with Gasteiger partial charge in [-0.2, -0.15) is 0 Å². The summed E-state index contributed by atoms with van der Waals surface area (Å²) in [5.74, 6) is 0.664. The first kappa shape index (κ1) is 21.5. The van der Waals surface area contributed by atoms with Crippen LogP contribution in [0.1, 0.15) is 42.6 Å². The second-order valence-electron chi connectivity index (χ2n) is 9.91. The van der Waals surface area contributed by atoms with Gasteiger partial charge >= 0.3 is 6.03 Å². The normalized spacial score (nSPS) is 24.1. The molecule has 1 saturated carbocycles. The number of nitrogens with one attached hydrogen (secondary N) is 2. The summed E-state index contributed by atoms with van der Waals surface area (Å²) in [6.45, 7) is 3.70. The maximum atomic E-state index is 13.7. The number of nitrogens with zero attached hydrogens (tertiary/aromatic N) is 2. The Labute approximate surface area is 202 Å². The first-order chi connectivity index (χ1) is 16.4. The van der Waals surface area contributed by atoms with Crippen molar-refractivity contribution in [2.75, 3.05) is 19.6 Å². The lowest BCUT2D eigenvalue weighted by Crippen LogP contribution is -2.53. The highest BCUT2D eigenvalue weighted by atomic mass is 35.5. The minimum Gasteiger partial charge on any atom is -0.508 e. The lowest BCUT2D eigenvalue weighted by Gasteiger charge is -2.42. The molecule has 2 aliphatic heterocycles. The summed E-state index contributed by atoms with van der Waals surface area (Å²) < 4.78 is 0. The van der Waals surface area contributed by atoms with Gasteiger partial charge in [-0.15, -0.1) is 0 Å². The molecule has 0 radical (unpaired) electrons. The Balaban J connectivity index is 1.44. The van der Waals surface area contributed by atoms with E-state index < -0.39 is 11.6 Å². The van der Waals surface area contributed by atoms with Crippen LogP contribution in [-0.2, 0) is 11.2 Å². The molecule has 6 rings (SSSR count). The van der Waals surface area contributed by atoms with Gasteiger partial charge in [0.2, 0.25) is 0 Å². The quantitative estimate of drug-likeness (QED) is 0.366. The van der Waals surface area contributed by atoms with Crippen LogP contribution >= 0.6 is 11.6 Å². The highest BCUT2D eigenvalue weighted by molar-refractivity contribution is 6.31. The lowest BCUT2D eigenvalue weighted by atomic mass is 9.81. The van der Waals surface area contributed by atoms with Crippen molar-refractivity contribution in [3.63, 3.8) is 0 Å². The molecule has 34 heavy (non-hydrogen) atoms. The molecule has 0 spiro atoms. The van der Waals surface area contributed by atoms with E-state index in [1.54, 1.807) is 23.1 Å². The van der Waals surface area contributed by atoms with Crippen molar-refractivity contribution in [2.24, 2.45) is 5.92 Å². The number of carbonyl (C=O) groups is 2. The molecule has 3 N–H and O–H groups in total. The number of benzene rings is 2. The summed E-state index contributed by atoms with van der Waals surface area (Å²) in [4.78, 5) is 34.1. The largest absolute Gasteiger partial charge is 0.508 e. The molecule has 2 atom stereocenters. The molecule has 1 aliphatic carbocycles. The summed E-state index contributed by atoms with van der Waals surface area (Å²) in [6.07, 6.45) is 2.90. The van der Waals surface area contributed by atoms with Crippen molar-refractivity contribution < 1.29 is 14.7 Å². The fraction of sp³-hybridized carbons (Fsp3) is 0.385. The molecule has 2 fully saturated rings. The van der Waals surface area contributed by atoms with Gasteiger partial charge in [0.05, 0.1) is 0 Å². The first-order valence-electron chi connectivity index (χ1n) is 11.8. The number of phenolic OH excluding ortho intramolecular Hbond substituents is 1. The molecule has 3 aromatic rings. The predicted molar refractivity (Wildman–Crippen MR) is 130 cm³/mol. The third-order valence-electron chi connectivity index (χ3n) is 7.46. The van der Waals surface area contributed by atoms with Gasteiger partial charge < -0.3 is 15.4 Å². The smallest absolute Gasteiger partial charge is 0.328 e. The van der Waals surface area contributed by atoms with Gasteiger partial charge in [-0.25, -0.2) is 4.79 Å². The Kier molecular flexibility index (Phi) is 4.90. The van der Waals surface area contributed by atoms with Gasteiger partial charge in [-0.3, -0.25) is 14.6 Å². The van der Waals surface area contributed by atoms with E-state index in [9.17, 15) is 14.7 Å². The van der Waals surface area contributed by atoms with Crippen LogP contribution < -0.4 is 5.32 Å². The van der Waals surface area contributed by atoms with Crippen LogP contribution in [0.3, 0.4) is 0 Å². The number of halogens is 1. The Morgan fingerprint density at radius 1 is 1.21 bits per heavy atom. The summed E-state index contributed by atoms with van der Waals surface area (Å²) in [5, 5.41) is 15.2. The number of fused-ring (bicyclic) bond motifs is 4. The maximum Gasteiger partial charge on any atom is 0.328 e. The molecule has 3 aliphatic rings. The Bertz CT molecular complexity index is 1320. The van der Waals surface area contributed by atoms with E-state index in [2.05, 4.69) is 10.3 Å². The second kappa shape index (κ2) is 7.75. The third kappa shape index (κ3) is 3.29. The molecule has 176 valence electrons. The molecule has 0 bridgehead atoms. The molecular weight excluding hydrogens is 452 g/mol. The van der Waals surface area contributed by atoms with E-state index in [1.807, 2.05) is 31.2 Å². The fourth-order valence-corrected chi connectivity index (χ4v) is 5.71. The van der Waals surface area contributed by atoms with Crippen LogP contribution in [0.4, 0.5) is 4.79 Å². The zero-order valence-electron chi connectivity index (χ0n) is 19.0. The summed E-state index contributed by atoms with van der Waals surface area (Å²) >= 11 is 6.32. The zero-order valence-corrected chi connectivity index (χ0v) is 19.7. The second-order valence-corrected chi connectivity index (χ2v) is 10.3. The van der Waals surface area contributed by atoms with Crippen LogP contribution in [0.5, 0.6) is 5.75 Å². The summed E-state index contributed by atoms with van der Waals surface area (Å²) in [7, 11) is 0. The van der Waals surface area contributed by atoms with Crippen molar-refractivity contribution in [1.82, 2.24) is 20.1 Å². The SMILES string of the molecule is C[C@@]12Cc3c([nH]c4ccc(Cl)cc34)[C@@H](c3cccc(O)c3)N1C(=O)N(CCNCC1CC1)C2=O. The number of carbonyl (C=O) groups excluding carboxylic acids is 2. The molecular formula is C26H27ClN4O3. The van der Waals surface area contributed by atoms with Crippen LogP contribution in [0.2, 0.25) is 5.02 Å². The molecule has 7 nitrogen and oxygen atoms in total. The monoisotopic (exact) mass is 478 g/mol. The van der Waals surface area contributed by atoms with Crippen LogP contribution in [0, 0.1) is 5.92 Å². The molecule has 2 aromatic carbocycles. The van der Waals surface area contributed by atoms with E-state index in [0.717, 1.165) is 40.2 Å². The van der Waals surface area contributed by atoms with E-state index in [-0.39, 0.29) is 17.7 Å². The van der Waals surface area contributed by atoms with Crippen LogP contribution in [0.15, 0.2) is 42.5 Å². The molecule has 8 heteroatoms. The van der Waals surface area contributed by atoms with Gasteiger partial charge in [-0.1, -0.05) is 23.7 Å². The van der Waals surface area contributed by atoms with Gasteiger partial charge in [0.15, 0.2) is 0 Å². The summed E-state index contributed by atoms with van der Waals surface area (Å²) in [6, 6.07) is 11.7. The third-order valence-corrected chi connectivity index (χ3v) is 7.69. The van der Waals surface area contributed by atoms with Crippen molar-refractivity contribution in [1.29, 1.82) is 0 Å². The lowest BCUT2D eigenvalue weighted by molar-refractivity contribution is -0.133. The van der Waals surface area contributed by atoms with Crippen molar-refractivity contribution >= 4 is 34.4 Å². The van der Waals surface area contributed by atoms with Crippen LogP contribution in [0.25, 0.3) is 10.9 Å². The standard InChI is InChI=1S/C26H27ClN4O3/c1-26-13-20-19-12-17(27)7-8-21(19)29-22(20)23(16-3-2-4-18(32)11-16)31(26)25(34)30(24(26)33)10-9-28-14-15-5-6-15/h2-4,7-8,11-12,15,23,28-29,32H,5-6,9-10,13-14H2,1H3/t23-,26+/m1/s1. The highest BCUT2D eigenvalue weighted by Crippen LogP contribution is 2.49.